The van der Waals surface area contributed by atoms with Crippen LogP contribution in [0.2, 0.25) is 0 Å². The van der Waals surface area contributed by atoms with Crippen molar-refractivity contribution in [2.45, 2.75) is 12.2 Å². The van der Waals surface area contributed by atoms with E-state index in [2.05, 4.69) is 5.32 Å². The molecular weight excluding hydrogens is 489 g/mol. The molecule has 0 bridgehead atoms. The lowest BCUT2D eigenvalue weighted by Gasteiger charge is -2.32. The second-order valence-electron chi connectivity index (χ2n) is 8.53. The lowest BCUT2D eigenvalue weighted by molar-refractivity contribution is -0.137. The van der Waals surface area contributed by atoms with Crippen molar-refractivity contribution in [1.82, 2.24) is 4.90 Å². The fourth-order valence-corrected chi connectivity index (χ4v) is 4.19. The van der Waals surface area contributed by atoms with Gasteiger partial charge in [0.05, 0.1) is 18.7 Å². The highest BCUT2D eigenvalue weighted by Crippen LogP contribution is 2.32. The average Bonchev–Trinajstić information content (AvgIpc) is 2.93. The third-order valence-electron chi connectivity index (χ3n) is 5.98. The first-order valence-electron chi connectivity index (χ1n) is 12.0. The second-order valence-corrected chi connectivity index (χ2v) is 8.53. The first kappa shape index (κ1) is 26.5. The predicted molar refractivity (Wildman–Crippen MR) is 144 cm³/mol. The van der Waals surface area contributed by atoms with Gasteiger partial charge in [0.25, 0.3) is 0 Å². The van der Waals surface area contributed by atoms with E-state index in [0.29, 0.717) is 5.75 Å². The highest BCUT2D eigenvalue weighted by molar-refractivity contribution is 5.90. The van der Waals surface area contributed by atoms with Crippen molar-refractivity contribution in [2.24, 2.45) is 0 Å². The lowest BCUT2D eigenvalue weighted by atomic mass is 9.97. The second kappa shape index (κ2) is 12.1. The fraction of sp³-hybridized carbons (Fsp3) is 0.129. The van der Waals surface area contributed by atoms with Crippen LogP contribution < -0.4 is 10.1 Å². The molecule has 0 saturated heterocycles. The van der Waals surface area contributed by atoms with E-state index < -0.39 is 23.8 Å². The number of ether oxygens (including phenoxy) is 1. The zero-order chi connectivity index (χ0) is 27.0. The summed E-state index contributed by atoms with van der Waals surface area (Å²) >= 11 is 0. The highest BCUT2D eigenvalue weighted by Gasteiger charge is 2.31. The molecule has 2 amide bonds. The summed E-state index contributed by atoms with van der Waals surface area (Å²) in [6.07, 6.45) is -0.826. The fourth-order valence-electron chi connectivity index (χ4n) is 4.19. The van der Waals surface area contributed by atoms with Gasteiger partial charge < -0.3 is 15.0 Å². The zero-order valence-corrected chi connectivity index (χ0v) is 20.7. The van der Waals surface area contributed by atoms with E-state index in [0.717, 1.165) is 28.8 Å². The molecule has 4 nitrogen and oxygen atoms in total. The van der Waals surface area contributed by atoms with Crippen LogP contribution in [0, 0.1) is 0 Å². The molecule has 0 radical (unpaired) electrons. The molecule has 4 rings (SSSR count). The number of rotatable bonds is 8. The van der Waals surface area contributed by atoms with Crippen LogP contribution >= 0.6 is 0 Å². The number of para-hydroxylation sites is 1. The minimum atomic E-state index is -4.52. The van der Waals surface area contributed by atoms with E-state index in [-0.39, 0.29) is 12.2 Å². The quantitative estimate of drug-likeness (QED) is 0.257. The maximum Gasteiger partial charge on any atom is 0.416 e. The smallest absolute Gasteiger partial charge is 0.416 e. The van der Waals surface area contributed by atoms with Crippen LogP contribution in [0.5, 0.6) is 5.75 Å². The Hall–Kier alpha value is -4.52. The topological polar surface area (TPSA) is 41.6 Å². The van der Waals surface area contributed by atoms with Gasteiger partial charge in [-0.3, -0.25) is 0 Å². The first-order chi connectivity index (χ1) is 18.4. The number of hydrogen-bond donors (Lipinski definition) is 1. The van der Waals surface area contributed by atoms with Crippen LogP contribution in [0.15, 0.2) is 115 Å². The maximum absolute atomic E-state index is 13.7. The predicted octanol–water partition coefficient (Wildman–Crippen LogP) is 8.05. The molecule has 0 aliphatic carbocycles. The number of anilines is 1. The summed E-state index contributed by atoms with van der Waals surface area (Å²) in [5, 5.41) is 2.67. The number of hydrogen-bond acceptors (Lipinski definition) is 2. The Morgan fingerprint density at radius 3 is 2.08 bits per heavy atom. The molecule has 0 fully saturated rings. The number of carbonyl (C=O) groups is 1. The van der Waals surface area contributed by atoms with Crippen molar-refractivity contribution < 1.29 is 22.7 Å². The van der Waals surface area contributed by atoms with E-state index in [4.69, 9.17) is 4.74 Å². The largest absolute Gasteiger partial charge is 0.496 e. The average molecular weight is 517 g/mol. The van der Waals surface area contributed by atoms with E-state index in [1.807, 2.05) is 97.1 Å². The highest BCUT2D eigenvalue weighted by atomic mass is 19.4. The van der Waals surface area contributed by atoms with Crippen molar-refractivity contribution >= 4 is 17.8 Å². The normalized spacial score (nSPS) is 11.5. The maximum atomic E-state index is 13.7. The molecule has 0 heterocycles. The summed E-state index contributed by atoms with van der Waals surface area (Å²) in [5.74, 6) is 0.686. The molecular formula is C31H27F3N2O2. The van der Waals surface area contributed by atoms with Gasteiger partial charge in [0.1, 0.15) is 5.75 Å². The molecule has 0 aliphatic rings. The third-order valence-corrected chi connectivity index (χ3v) is 5.98. The van der Waals surface area contributed by atoms with Gasteiger partial charge >= 0.3 is 12.2 Å². The summed E-state index contributed by atoms with van der Waals surface area (Å²) in [7, 11) is 1.59. The summed E-state index contributed by atoms with van der Waals surface area (Å²) in [5.41, 5.74) is 1.79. The molecule has 0 aliphatic heterocycles. The molecule has 0 saturated carbocycles. The van der Waals surface area contributed by atoms with Gasteiger partial charge in [-0.1, -0.05) is 97.1 Å². The Kier molecular flexibility index (Phi) is 8.48. The van der Waals surface area contributed by atoms with E-state index in [1.54, 1.807) is 12.0 Å². The van der Waals surface area contributed by atoms with Gasteiger partial charge in [0.15, 0.2) is 0 Å². The van der Waals surface area contributed by atoms with Crippen LogP contribution in [0.4, 0.5) is 23.7 Å². The molecule has 38 heavy (non-hydrogen) atoms. The van der Waals surface area contributed by atoms with Gasteiger partial charge in [-0.05, 0) is 35.4 Å². The van der Waals surface area contributed by atoms with Crippen LogP contribution in [-0.4, -0.2) is 24.6 Å². The number of urea groups is 1. The molecule has 0 aromatic heterocycles. The Morgan fingerprint density at radius 1 is 0.868 bits per heavy atom. The minimum absolute atomic E-state index is 0.0587. The Labute approximate surface area is 220 Å². The molecule has 7 heteroatoms. The Bertz CT molecular complexity index is 1330. The molecule has 0 atom stereocenters. The number of halogens is 3. The number of amides is 2. The number of nitrogens with zero attached hydrogens (tertiary/aromatic N) is 1. The van der Waals surface area contributed by atoms with Gasteiger partial charge in [0, 0.05) is 17.8 Å². The van der Waals surface area contributed by atoms with Crippen LogP contribution in [0.25, 0.3) is 6.08 Å². The van der Waals surface area contributed by atoms with E-state index >= 15 is 0 Å². The van der Waals surface area contributed by atoms with Crippen molar-refractivity contribution in [1.29, 1.82) is 0 Å². The van der Waals surface area contributed by atoms with Crippen LogP contribution in [0.3, 0.4) is 0 Å². The number of benzene rings is 4. The monoisotopic (exact) mass is 516 g/mol. The Morgan fingerprint density at radius 2 is 1.47 bits per heavy atom. The standard InChI is InChI=1S/C31H27F3N2O2/c1-38-28-20-9-8-12-23(28)17-11-21-36(30(37)35-27-19-10-18-26(22-27)31(32,33)34)29(24-13-4-2-5-14-24)25-15-6-3-7-16-25/h2-20,22,29H,21H2,1H3,(H,35,37)/b17-11+. The van der Waals surface area contributed by atoms with Gasteiger partial charge in [-0.2, -0.15) is 13.2 Å². The van der Waals surface area contributed by atoms with Crippen LogP contribution in [0.1, 0.15) is 28.3 Å². The summed E-state index contributed by atoms with van der Waals surface area (Å²) in [6.45, 7) is 0.178. The summed E-state index contributed by atoms with van der Waals surface area (Å²) < 4.78 is 45.3. The molecule has 1 N–H and O–H groups in total. The van der Waals surface area contributed by atoms with Crippen molar-refractivity contribution in [3.8, 4) is 5.75 Å². The van der Waals surface area contributed by atoms with Gasteiger partial charge in [0.2, 0.25) is 0 Å². The van der Waals surface area contributed by atoms with Crippen molar-refractivity contribution in [2.75, 3.05) is 19.0 Å². The van der Waals surface area contributed by atoms with Crippen molar-refractivity contribution in [3.05, 3.63) is 138 Å². The molecule has 0 unspecified atom stereocenters. The molecule has 0 spiro atoms. The summed E-state index contributed by atoms with van der Waals surface area (Å²) in [6, 6.07) is 30.1. The van der Waals surface area contributed by atoms with Crippen molar-refractivity contribution in [3.63, 3.8) is 0 Å². The van der Waals surface area contributed by atoms with E-state index in [9.17, 15) is 18.0 Å². The van der Waals surface area contributed by atoms with Gasteiger partial charge in [-0.25, -0.2) is 4.79 Å². The summed E-state index contributed by atoms with van der Waals surface area (Å²) in [4.78, 5) is 15.3. The minimum Gasteiger partial charge on any atom is -0.496 e. The zero-order valence-electron chi connectivity index (χ0n) is 20.7. The SMILES string of the molecule is COc1ccccc1/C=C/CN(C(=O)Nc1cccc(C(F)(F)F)c1)C(c1ccccc1)c1ccccc1. The lowest BCUT2D eigenvalue weighted by Crippen LogP contribution is -2.39. The first-order valence-corrected chi connectivity index (χ1v) is 12.0. The number of alkyl halides is 3. The Balaban J connectivity index is 1.72. The third kappa shape index (κ3) is 6.62. The van der Waals surface area contributed by atoms with Gasteiger partial charge in [-0.15, -0.1) is 0 Å². The molecule has 194 valence electrons. The number of nitrogens with one attached hydrogen (secondary N) is 1. The van der Waals surface area contributed by atoms with Crippen LogP contribution in [-0.2, 0) is 6.18 Å². The molecule has 4 aromatic rings. The number of carbonyl (C=O) groups excluding carboxylic acids is 1. The van der Waals surface area contributed by atoms with E-state index in [1.165, 1.54) is 12.1 Å². The molecule has 4 aromatic carbocycles. The number of methoxy groups -OCH3 is 1.